The maximum absolute atomic E-state index is 11.7. The number of amides is 1. The van der Waals surface area contributed by atoms with Crippen LogP contribution in [0, 0.1) is 0 Å². The van der Waals surface area contributed by atoms with Crippen molar-refractivity contribution in [3.63, 3.8) is 0 Å². The molecule has 0 spiro atoms. The fraction of sp³-hybridized carbons (Fsp3) is 0.875. The van der Waals surface area contributed by atoms with E-state index in [4.69, 9.17) is 4.74 Å². The number of nitrogens with zero attached hydrogens (tertiary/aromatic N) is 1. The second-order valence-corrected chi connectivity index (χ2v) is 6.33. The predicted molar refractivity (Wildman–Crippen MR) is 59.8 cm³/mol. The van der Waals surface area contributed by atoms with E-state index < -0.39 is 15.6 Å². The van der Waals surface area contributed by atoms with Crippen molar-refractivity contribution in [3.8, 4) is 0 Å². The topological polar surface area (TPSA) is 63.7 Å². The lowest BCUT2D eigenvalue weighted by atomic mass is 10.2. The minimum absolute atomic E-state index is 0.0620. The molecule has 5 nitrogen and oxygen atoms in total. The maximum atomic E-state index is 11.7. The van der Waals surface area contributed by atoms with Gasteiger partial charge in [-0.2, -0.15) is 0 Å². The summed E-state index contributed by atoms with van der Waals surface area (Å²) in [5.74, 6) is -0.763. The Kier molecular flexibility index (Phi) is 4.54. The molecule has 1 heterocycles. The van der Waals surface area contributed by atoms with Crippen LogP contribution in [-0.2, 0) is 19.4 Å². The fourth-order valence-corrected chi connectivity index (χ4v) is 2.57. The van der Waals surface area contributed by atoms with Crippen molar-refractivity contribution < 1.29 is 17.9 Å². The van der Waals surface area contributed by atoms with E-state index in [1.165, 1.54) is 0 Å². The fourth-order valence-electron chi connectivity index (χ4n) is 1.42. The Morgan fingerprint density at radius 3 is 2.80 bits per heavy atom. The Bertz CT molecular complexity index is 330. The normalized spacial score (nSPS) is 22.8. The van der Waals surface area contributed by atoms with Crippen LogP contribution in [0.3, 0.4) is 0 Å². The molecule has 0 aromatic rings. The van der Waals surface area contributed by atoms with E-state index in [9.17, 15) is 13.2 Å². The molecule has 7 heteroatoms. The van der Waals surface area contributed by atoms with Gasteiger partial charge in [0.1, 0.15) is 5.75 Å². The van der Waals surface area contributed by atoms with Gasteiger partial charge in [-0.1, -0.05) is 15.9 Å². The first-order valence-corrected chi connectivity index (χ1v) is 7.73. The Balaban J connectivity index is 2.64. The number of carbonyl (C=O) groups is 1. The summed E-state index contributed by atoms with van der Waals surface area (Å²) in [5.41, 5.74) is 0. The largest absolute Gasteiger partial charge is 0.377 e. The highest BCUT2D eigenvalue weighted by Crippen LogP contribution is 2.10. The molecule has 0 radical (unpaired) electrons. The summed E-state index contributed by atoms with van der Waals surface area (Å²) < 4.78 is 27.2. The lowest BCUT2D eigenvalue weighted by Crippen LogP contribution is -2.51. The third kappa shape index (κ3) is 4.08. The van der Waals surface area contributed by atoms with E-state index in [-0.39, 0.29) is 11.9 Å². The van der Waals surface area contributed by atoms with E-state index in [0.717, 1.165) is 6.26 Å². The number of hydrogen-bond donors (Lipinski definition) is 0. The zero-order chi connectivity index (χ0) is 11.5. The molecule has 0 bridgehead atoms. The van der Waals surface area contributed by atoms with E-state index in [0.29, 0.717) is 25.1 Å². The molecule has 0 N–H and O–H groups in total. The molecule has 0 aromatic heterocycles. The molecule has 1 saturated heterocycles. The number of halogens is 1. The Morgan fingerprint density at radius 2 is 2.27 bits per heavy atom. The predicted octanol–water partition coefficient (Wildman–Crippen LogP) is -0.347. The van der Waals surface area contributed by atoms with Crippen molar-refractivity contribution in [2.45, 2.75) is 6.04 Å². The average molecular weight is 300 g/mol. The van der Waals surface area contributed by atoms with Gasteiger partial charge in [0.15, 0.2) is 9.84 Å². The van der Waals surface area contributed by atoms with Gasteiger partial charge in [-0.15, -0.1) is 0 Å². The summed E-state index contributed by atoms with van der Waals surface area (Å²) in [6, 6.07) is -0.0620. The molecule has 1 aliphatic heterocycles. The molecule has 1 aliphatic rings. The van der Waals surface area contributed by atoms with Crippen molar-refractivity contribution in [2.75, 3.05) is 37.1 Å². The van der Waals surface area contributed by atoms with E-state index in [1.807, 2.05) is 0 Å². The lowest BCUT2D eigenvalue weighted by Gasteiger charge is -2.34. The van der Waals surface area contributed by atoms with Crippen LogP contribution in [0.15, 0.2) is 0 Å². The zero-order valence-corrected chi connectivity index (χ0v) is 10.9. The SMILES string of the molecule is CS(=O)(=O)CC(=O)N1CCOCC1CBr. The lowest BCUT2D eigenvalue weighted by molar-refractivity contribution is -0.135. The van der Waals surface area contributed by atoms with Gasteiger partial charge in [-0.05, 0) is 0 Å². The Morgan fingerprint density at radius 1 is 1.60 bits per heavy atom. The molecule has 0 aliphatic carbocycles. The van der Waals surface area contributed by atoms with Gasteiger partial charge in [0.25, 0.3) is 0 Å². The molecule has 0 aromatic carbocycles. The average Bonchev–Trinajstić information content (AvgIpc) is 2.15. The molecule has 15 heavy (non-hydrogen) atoms. The number of ether oxygens (including phenoxy) is 1. The Labute approximate surface area is 97.8 Å². The van der Waals surface area contributed by atoms with Gasteiger partial charge < -0.3 is 9.64 Å². The molecule has 0 saturated carbocycles. The molecular formula is C8H14BrNO4S. The van der Waals surface area contributed by atoms with Crippen LogP contribution in [-0.4, -0.2) is 62.4 Å². The highest BCUT2D eigenvalue weighted by Gasteiger charge is 2.28. The highest BCUT2D eigenvalue weighted by atomic mass is 79.9. The molecule has 1 amide bonds. The van der Waals surface area contributed by atoms with Crippen LogP contribution in [0.4, 0.5) is 0 Å². The van der Waals surface area contributed by atoms with Gasteiger partial charge in [0.2, 0.25) is 5.91 Å². The number of sulfone groups is 1. The van der Waals surface area contributed by atoms with Crippen LogP contribution >= 0.6 is 15.9 Å². The van der Waals surface area contributed by atoms with Crippen LogP contribution in [0.1, 0.15) is 0 Å². The second-order valence-electron chi connectivity index (χ2n) is 3.54. The van der Waals surface area contributed by atoms with Crippen LogP contribution in [0.5, 0.6) is 0 Å². The third-order valence-electron chi connectivity index (χ3n) is 2.11. The minimum Gasteiger partial charge on any atom is -0.377 e. The number of hydrogen-bond acceptors (Lipinski definition) is 4. The highest BCUT2D eigenvalue weighted by molar-refractivity contribution is 9.09. The summed E-state index contributed by atoms with van der Waals surface area (Å²) in [6.07, 6.45) is 1.06. The van der Waals surface area contributed by atoms with Gasteiger partial charge in [-0.3, -0.25) is 4.79 Å². The molecule has 1 fully saturated rings. The van der Waals surface area contributed by atoms with E-state index >= 15 is 0 Å². The molecular weight excluding hydrogens is 286 g/mol. The monoisotopic (exact) mass is 299 g/mol. The van der Waals surface area contributed by atoms with Gasteiger partial charge in [-0.25, -0.2) is 8.42 Å². The first kappa shape index (κ1) is 12.9. The number of alkyl halides is 1. The van der Waals surface area contributed by atoms with Crippen LogP contribution in [0.2, 0.25) is 0 Å². The first-order chi connectivity index (χ1) is 6.94. The molecule has 1 atom stereocenters. The van der Waals surface area contributed by atoms with Gasteiger partial charge in [0, 0.05) is 18.1 Å². The summed E-state index contributed by atoms with van der Waals surface area (Å²) in [4.78, 5) is 13.2. The van der Waals surface area contributed by atoms with Crippen molar-refractivity contribution in [3.05, 3.63) is 0 Å². The number of carbonyl (C=O) groups excluding carboxylic acids is 1. The standard InChI is InChI=1S/C8H14BrNO4S/c1-15(12,13)6-8(11)10-2-3-14-5-7(10)4-9/h7H,2-6H2,1H3. The summed E-state index contributed by atoms with van der Waals surface area (Å²) in [6.45, 7) is 1.39. The van der Waals surface area contributed by atoms with E-state index in [1.54, 1.807) is 4.90 Å². The van der Waals surface area contributed by atoms with Crippen molar-refractivity contribution >= 4 is 31.7 Å². The van der Waals surface area contributed by atoms with Gasteiger partial charge in [0.05, 0.1) is 19.3 Å². The number of rotatable bonds is 3. The van der Waals surface area contributed by atoms with Crippen molar-refractivity contribution in [1.29, 1.82) is 0 Å². The summed E-state index contributed by atoms with van der Waals surface area (Å²) in [5, 5.41) is 0.600. The Hall–Kier alpha value is -0.140. The van der Waals surface area contributed by atoms with Crippen molar-refractivity contribution in [2.24, 2.45) is 0 Å². The smallest absolute Gasteiger partial charge is 0.238 e. The summed E-state index contributed by atoms with van der Waals surface area (Å²) in [7, 11) is -3.25. The molecule has 1 unspecified atom stereocenters. The third-order valence-corrected chi connectivity index (χ3v) is 3.63. The second kappa shape index (κ2) is 5.27. The summed E-state index contributed by atoms with van der Waals surface area (Å²) >= 11 is 3.28. The van der Waals surface area contributed by atoms with E-state index in [2.05, 4.69) is 15.9 Å². The number of morpholine rings is 1. The maximum Gasteiger partial charge on any atom is 0.238 e. The van der Waals surface area contributed by atoms with Gasteiger partial charge >= 0.3 is 0 Å². The van der Waals surface area contributed by atoms with Crippen LogP contribution < -0.4 is 0 Å². The molecule has 88 valence electrons. The molecule has 1 rings (SSSR count). The van der Waals surface area contributed by atoms with Crippen molar-refractivity contribution in [1.82, 2.24) is 4.90 Å². The quantitative estimate of drug-likeness (QED) is 0.669. The minimum atomic E-state index is -3.25. The first-order valence-electron chi connectivity index (χ1n) is 4.55. The van der Waals surface area contributed by atoms with Crippen LogP contribution in [0.25, 0.3) is 0 Å². The zero-order valence-electron chi connectivity index (χ0n) is 8.48.